The van der Waals surface area contributed by atoms with Gasteiger partial charge in [-0.25, -0.2) is 0 Å². The van der Waals surface area contributed by atoms with Crippen molar-refractivity contribution in [3.8, 4) is 12.1 Å². The first-order chi connectivity index (χ1) is 10.7. The summed E-state index contributed by atoms with van der Waals surface area (Å²) in [6.07, 6.45) is 1.64. The zero-order chi connectivity index (χ0) is 15.9. The second kappa shape index (κ2) is 7.15. The van der Waals surface area contributed by atoms with E-state index >= 15 is 0 Å². The number of benzene rings is 1. The summed E-state index contributed by atoms with van der Waals surface area (Å²) in [7, 11) is 0. The van der Waals surface area contributed by atoms with Crippen LogP contribution in [0.4, 0.5) is 0 Å². The van der Waals surface area contributed by atoms with E-state index < -0.39 is 11.8 Å². The lowest BCUT2D eigenvalue weighted by molar-refractivity contribution is 0.0966. The van der Waals surface area contributed by atoms with Crippen molar-refractivity contribution < 1.29 is 4.79 Å². The number of Topliss-reactive ketones (excluding diaryl/α,β-unsaturated/α-hetero) is 1. The molecule has 0 aliphatic rings. The predicted octanol–water partition coefficient (Wildman–Crippen LogP) is 3.41. The van der Waals surface area contributed by atoms with Crippen molar-refractivity contribution in [2.45, 2.75) is 19.3 Å². The zero-order valence-electron chi connectivity index (χ0n) is 12.2. The van der Waals surface area contributed by atoms with E-state index in [9.17, 15) is 15.3 Å². The number of nitriles is 2. The lowest BCUT2D eigenvalue weighted by Crippen LogP contribution is -2.15. The van der Waals surface area contributed by atoms with Gasteiger partial charge in [0.1, 0.15) is 11.6 Å². The van der Waals surface area contributed by atoms with E-state index in [-0.39, 0.29) is 12.2 Å². The number of aromatic nitrogens is 1. The minimum absolute atomic E-state index is 0.0891. The topological polar surface area (TPSA) is 77.5 Å². The molecule has 22 heavy (non-hydrogen) atoms. The molecule has 1 atom stereocenters. The average molecular weight is 289 g/mol. The Morgan fingerprint density at radius 1 is 1.14 bits per heavy atom. The third kappa shape index (κ3) is 3.56. The molecule has 4 heteroatoms. The largest absolute Gasteiger partial charge is 0.292 e. The number of pyridine rings is 1. The van der Waals surface area contributed by atoms with Crippen LogP contribution in [-0.4, -0.2) is 10.8 Å². The number of hydrogen-bond acceptors (Lipinski definition) is 4. The van der Waals surface area contributed by atoms with E-state index in [1.54, 1.807) is 24.4 Å². The highest BCUT2D eigenvalue weighted by Gasteiger charge is 2.26. The van der Waals surface area contributed by atoms with E-state index in [0.717, 1.165) is 11.1 Å². The molecule has 1 aromatic heterocycles. The summed E-state index contributed by atoms with van der Waals surface area (Å²) >= 11 is 0. The van der Waals surface area contributed by atoms with Crippen LogP contribution in [0.3, 0.4) is 0 Å². The van der Waals surface area contributed by atoms with E-state index in [1.807, 2.05) is 43.3 Å². The maximum absolute atomic E-state index is 12.4. The van der Waals surface area contributed by atoms with Gasteiger partial charge in [-0.05, 0) is 24.6 Å². The summed E-state index contributed by atoms with van der Waals surface area (Å²) < 4.78 is 0. The Labute approximate surface area is 129 Å². The highest BCUT2D eigenvalue weighted by Crippen LogP contribution is 2.29. The summed E-state index contributed by atoms with van der Waals surface area (Å²) in [5.74, 6) is -1.48. The molecule has 0 radical (unpaired) electrons. The number of ketones is 1. The molecule has 1 aromatic carbocycles. The number of aryl methyl sites for hydroxylation is 1. The van der Waals surface area contributed by atoms with Crippen molar-refractivity contribution in [3.05, 3.63) is 65.5 Å². The molecule has 4 nitrogen and oxygen atoms in total. The van der Waals surface area contributed by atoms with Gasteiger partial charge in [-0.15, -0.1) is 0 Å². The van der Waals surface area contributed by atoms with Gasteiger partial charge in [0.25, 0.3) is 0 Å². The first-order valence-electron chi connectivity index (χ1n) is 6.95. The lowest BCUT2D eigenvalue weighted by atomic mass is 9.83. The maximum atomic E-state index is 12.4. The molecule has 0 amide bonds. The van der Waals surface area contributed by atoms with Crippen LogP contribution >= 0.6 is 0 Å². The fraction of sp³-hybridized carbons (Fsp3) is 0.222. The minimum Gasteiger partial charge on any atom is -0.292 e. The Bertz CT molecular complexity index is 710. The Kier molecular flexibility index (Phi) is 5.01. The van der Waals surface area contributed by atoms with Crippen molar-refractivity contribution in [2.24, 2.45) is 5.92 Å². The molecule has 0 aliphatic carbocycles. The normalized spacial score (nSPS) is 11.5. The van der Waals surface area contributed by atoms with Crippen LogP contribution in [0.15, 0.2) is 48.7 Å². The summed E-state index contributed by atoms with van der Waals surface area (Å²) in [6.45, 7) is 1.96. The van der Waals surface area contributed by atoms with Crippen molar-refractivity contribution in [2.75, 3.05) is 0 Å². The predicted molar refractivity (Wildman–Crippen MR) is 81.8 cm³/mol. The van der Waals surface area contributed by atoms with Crippen molar-refractivity contribution >= 4 is 5.78 Å². The summed E-state index contributed by atoms with van der Waals surface area (Å²) in [5.41, 5.74) is 2.27. The van der Waals surface area contributed by atoms with Gasteiger partial charge >= 0.3 is 0 Å². The number of carbonyl (C=O) groups is 1. The van der Waals surface area contributed by atoms with E-state index in [1.165, 1.54) is 0 Å². The van der Waals surface area contributed by atoms with Gasteiger partial charge in [0, 0.05) is 18.5 Å². The maximum Gasteiger partial charge on any atom is 0.181 e. The fourth-order valence-corrected chi connectivity index (χ4v) is 2.28. The third-order valence-corrected chi connectivity index (χ3v) is 3.54. The molecular formula is C18H15N3O. The lowest BCUT2D eigenvalue weighted by Gasteiger charge is -2.17. The van der Waals surface area contributed by atoms with Gasteiger partial charge in [0.15, 0.2) is 5.78 Å². The second-order valence-corrected chi connectivity index (χ2v) is 5.10. The number of rotatable bonds is 5. The van der Waals surface area contributed by atoms with Gasteiger partial charge in [0.2, 0.25) is 0 Å². The van der Waals surface area contributed by atoms with Crippen LogP contribution in [0.25, 0.3) is 0 Å². The van der Waals surface area contributed by atoms with Crippen LogP contribution in [-0.2, 0) is 0 Å². The number of nitrogens with zero attached hydrogens (tertiary/aromatic N) is 3. The van der Waals surface area contributed by atoms with Crippen LogP contribution < -0.4 is 0 Å². The quantitative estimate of drug-likeness (QED) is 0.790. The Balaban J connectivity index is 2.30. The van der Waals surface area contributed by atoms with Gasteiger partial charge < -0.3 is 0 Å². The molecule has 0 unspecified atom stereocenters. The van der Waals surface area contributed by atoms with Crippen LogP contribution in [0.5, 0.6) is 0 Å². The molecule has 0 fully saturated rings. The molecule has 0 aliphatic heterocycles. The molecule has 0 saturated carbocycles. The van der Waals surface area contributed by atoms with Gasteiger partial charge in [-0.1, -0.05) is 35.9 Å². The molecular weight excluding hydrogens is 274 g/mol. The van der Waals surface area contributed by atoms with Gasteiger partial charge in [-0.2, -0.15) is 10.5 Å². The Morgan fingerprint density at radius 2 is 1.82 bits per heavy atom. The van der Waals surface area contributed by atoms with Gasteiger partial charge in [0.05, 0.1) is 12.1 Å². The fourth-order valence-electron chi connectivity index (χ4n) is 2.28. The third-order valence-electron chi connectivity index (χ3n) is 3.54. The molecule has 0 saturated heterocycles. The first kappa shape index (κ1) is 15.4. The monoisotopic (exact) mass is 289 g/mol. The highest BCUT2D eigenvalue weighted by atomic mass is 16.1. The summed E-state index contributed by atoms with van der Waals surface area (Å²) in [6, 6.07) is 16.7. The van der Waals surface area contributed by atoms with E-state index in [4.69, 9.17) is 0 Å². The minimum atomic E-state index is -0.865. The smallest absolute Gasteiger partial charge is 0.181 e. The first-order valence-corrected chi connectivity index (χ1v) is 6.95. The number of carbonyl (C=O) groups excluding carboxylic acids is 1. The Hall–Kier alpha value is -2.98. The molecule has 1 heterocycles. The van der Waals surface area contributed by atoms with Crippen molar-refractivity contribution in [3.63, 3.8) is 0 Å². The molecule has 0 bridgehead atoms. The SMILES string of the molecule is Cc1ccc([C@@H](CC(=O)c2ccccn2)C(C#N)C#N)cc1. The highest BCUT2D eigenvalue weighted by molar-refractivity contribution is 5.94. The average Bonchev–Trinajstić information content (AvgIpc) is 2.56. The number of hydrogen-bond donors (Lipinski definition) is 0. The van der Waals surface area contributed by atoms with E-state index in [2.05, 4.69) is 4.98 Å². The molecule has 2 aromatic rings. The molecule has 108 valence electrons. The van der Waals surface area contributed by atoms with Crippen LogP contribution in [0.2, 0.25) is 0 Å². The van der Waals surface area contributed by atoms with Crippen LogP contribution in [0, 0.1) is 35.5 Å². The van der Waals surface area contributed by atoms with Gasteiger partial charge in [-0.3, -0.25) is 9.78 Å². The molecule has 2 rings (SSSR count). The Morgan fingerprint density at radius 3 is 2.36 bits per heavy atom. The van der Waals surface area contributed by atoms with Crippen LogP contribution in [0.1, 0.15) is 34.0 Å². The zero-order valence-corrected chi connectivity index (χ0v) is 12.2. The summed E-state index contributed by atoms with van der Waals surface area (Å²) in [4.78, 5) is 16.4. The van der Waals surface area contributed by atoms with E-state index in [0.29, 0.717) is 5.69 Å². The molecule has 0 spiro atoms. The van der Waals surface area contributed by atoms with Crippen molar-refractivity contribution in [1.82, 2.24) is 4.98 Å². The summed E-state index contributed by atoms with van der Waals surface area (Å²) in [5, 5.41) is 18.4. The second-order valence-electron chi connectivity index (χ2n) is 5.10. The van der Waals surface area contributed by atoms with Crippen molar-refractivity contribution in [1.29, 1.82) is 10.5 Å². The standard InChI is InChI=1S/C18H15N3O/c1-13-5-7-14(8-6-13)16(15(11-19)12-20)10-18(22)17-4-2-3-9-21-17/h2-9,15-16H,10H2,1H3/t16-/m1/s1. The molecule has 0 N–H and O–H groups in total.